The van der Waals surface area contributed by atoms with Gasteiger partial charge in [0.2, 0.25) is 5.91 Å². The number of nitrogens with zero attached hydrogens (tertiary/aromatic N) is 2. The molecule has 0 spiro atoms. The Labute approximate surface area is 201 Å². The molecule has 2 aromatic carbocycles. The van der Waals surface area contributed by atoms with Crippen molar-refractivity contribution >= 4 is 17.6 Å². The second-order valence-corrected chi connectivity index (χ2v) is 8.53. The minimum absolute atomic E-state index is 0.0539. The zero-order valence-electron chi connectivity index (χ0n) is 20.3. The first-order valence-electron chi connectivity index (χ1n) is 12.3. The zero-order valence-corrected chi connectivity index (χ0v) is 20.3. The maximum Gasteiger partial charge on any atom is 0.307 e. The van der Waals surface area contributed by atoms with Gasteiger partial charge in [-0.05, 0) is 68.5 Å². The first-order valence-corrected chi connectivity index (χ1v) is 12.3. The van der Waals surface area contributed by atoms with E-state index in [9.17, 15) is 9.59 Å². The normalized spacial score (nSPS) is 17.1. The molecule has 0 aromatic heterocycles. The number of amides is 1. The number of benzene rings is 2. The summed E-state index contributed by atoms with van der Waals surface area (Å²) in [5.41, 5.74) is 4.32. The molecule has 182 valence electrons. The largest absolute Gasteiger partial charge is 0.490 e. The minimum atomic E-state index is -0.267. The molecule has 0 bridgehead atoms. The number of rotatable bonds is 9. The summed E-state index contributed by atoms with van der Waals surface area (Å²) < 4.78 is 17.0. The number of fused-ring (bicyclic) bond motifs is 2. The standard InChI is InChI=1S/C27H34N2O5/c1-4-32-24-15-20-11-13-28(18-26(30)29-14-12-19-9-7-8-10-22(19)29)23(17-27(31)34-6-3)21(20)16-25(24)33-5-2/h7-10,15-16,23H,4-6,11-14,17-18H2,1-3H3/t23-/m1/s1. The lowest BCUT2D eigenvalue weighted by Gasteiger charge is -2.37. The van der Waals surface area contributed by atoms with Crippen LogP contribution in [0.3, 0.4) is 0 Å². The number of carbonyl (C=O) groups is 2. The predicted molar refractivity (Wildman–Crippen MR) is 131 cm³/mol. The summed E-state index contributed by atoms with van der Waals surface area (Å²) in [7, 11) is 0. The van der Waals surface area contributed by atoms with Gasteiger partial charge in [-0.15, -0.1) is 0 Å². The topological polar surface area (TPSA) is 68.3 Å². The van der Waals surface area contributed by atoms with E-state index in [1.807, 2.05) is 49.1 Å². The van der Waals surface area contributed by atoms with Gasteiger partial charge < -0.3 is 19.1 Å². The third-order valence-corrected chi connectivity index (χ3v) is 6.47. The second-order valence-electron chi connectivity index (χ2n) is 8.53. The van der Waals surface area contributed by atoms with Crippen molar-refractivity contribution in [1.29, 1.82) is 0 Å². The lowest BCUT2D eigenvalue weighted by Crippen LogP contribution is -2.44. The van der Waals surface area contributed by atoms with Crippen molar-refractivity contribution < 1.29 is 23.8 Å². The van der Waals surface area contributed by atoms with Gasteiger partial charge in [0.15, 0.2) is 11.5 Å². The van der Waals surface area contributed by atoms with Gasteiger partial charge in [0.1, 0.15) is 0 Å². The molecule has 2 heterocycles. The summed E-state index contributed by atoms with van der Waals surface area (Å²) >= 11 is 0. The minimum Gasteiger partial charge on any atom is -0.490 e. The van der Waals surface area contributed by atoms with E-state index in [1.165, 1.54) is 5.56 Å². The highest BCUT2D eigenvalue weighted by molar-refractivity contribution is 5.96. The van der Waals surface area contributed by atoms with Crippen LogP contribution in [0.2, 0.25) is 0 Å². The van der Waals surface area contributed by atoms with Crippen LogP contribution < -0.4 is 14.4 Å². The highest BCUT2D eigenvalue weighted by Gasteiger charge is 2.34. The summed E-state index contributed by atoms with van der Waals surface area (Å²) in [6.45, 7) is 8.69. The van der Waals surface area contributed by atoms with Crippen LogP contribution in [0, 0.1) is 0 Å². The van der Waals surface area contributed by atoms with Gasteiger partial charge in [-0.25, -0.2) is 0 Å². The molecular weight excluding hydrogens is 432 g/mol. The van der Waals surface area contributed by atoms with E-state index in [0.29, 0.717) is 38.7 Å². The van der Waals surface area contributed by atoms with Crippen LogP contribution in [-0.4, -0.2) is 56.2 Å². The third kappa shape index (κ3) is 5.04. The summed E-state index contributed by atoms with van der Waals surface area (Å²) in [4.78, 5) is 29.9. The van der Waals surface area contributed by atoms with Crippen molar-refractivity contribution in [1.82, 2.24) is 4.90 Å². The molecule has 2 aromatic rings. The van der Waals surface area contributed by atoms with Crippen LogP contribution >= 0.6 is 0 Å². The Hall–Kier alpha value is -3.06. The van der Waals surface area contributed by atoms with Crippen LogP contribution in [0.4, 0.5) is 5.69 Å². The molecule has 0 saturated heterocycles. The Morgan fingerprint density at radius 3 is 2.35 bits per heavy atom. The zero-order chi connectivity index (χ0) is 24.1. The molecule has 34 heavy (non-hydrogen) atoms. The third-order valence-electron chi connectivity index (χ3n) is 6.47. The highest BCUT2D eigenvalue weighted by Crippen LogP contribution is 2.40. The second kappa shape index (κ2) is 10.9. The molecular formula is C27H34N2O5. The molecule has 4 rings (SSSR count). The Balaban J connectivity index is 1.62. The Morgan fingerprint density at radius 2 is 1.62 bits per heavy atom. The molecule has 0 unspecified atom stereocenters. The number of ether oxygens (including phenoxy) is 3. The number of para-hydroxylation sites is 1. The molecule has 1 amide bonds. The van der Waals surface area contributed by atoms with Crippen LogP contribution in [-0.2, 0) is 27.2 Å². The van der Waals surface area contributed by atoms with E-state index < -0.39 is 0 Å². The van der Waals surface area contributed by atoms with Crippen LogP contribution in [0.1, 0.15) is 49.9 Å². The number of carbonyl (C=O) groups excluding carboxylic acids is 2. The number of esters is 1. The average Bonchev–Trinajstić information content (AvgIpc) is 3.26. The summed E-state index contributed by atoms with van der Waals surface area (Å²) in [5.74, 6) is 1.17. The first-order chi connectivity index (χ1) is 16.5. The van der Waals surface area contributed by atoms with Gasteiger partial charge in [0, 0.05) is 24.8 Å². The van der Waals surface area contributed by atoms with Crippen LogP contribution in [0.25, 0.3) is 0 Å². The van der Waals surface area contributed by atoms with Crippen molar-refractivity contribution in [3.63, 3.8) is 0 Å². The molecule has 7 nitrogen and oxygen atoms in total. The van der Waals surface area contributed by atoms with Gasteiger partial charge in [-0.2, -0.15) is 0 Å². The molecule has 2 aliphatic heterocycles. The molecule has 1 atom stereocenters. The molecule has 0 radical (unpaired) electrons. The number of hydrogen-bond acceptors (Lipinski definition) is 6. The predicted octanol–water partition coefficient (Wildman–Crippen LogP) is 3.93. The van der Waals surface area contributed by atoms with E-state index in [1.54, 1.807) is 6.92 Å². The molecule has 7 heteroatoms. The first kappa shape index (κ1) is 24.1. The summed E-state index contributed by atoms with van der Waals surface area (Å²) in [6.07, 6.45) is 1.82. The van der Waals surface area contributed by atoms with Crippen molar-refractivity contribution in [3.05, 3.63) is 53.1 Å². The Kier molecular flexibility index (Phi) is 7.73. The monoisotopic (exact) mass is 466 g/mol. The number of anilines is 1. The van der Waals surface area contributed by atoms with Gasteiger partial charge in [0.25, 0.3) is 0 Å². The van der Waals surface area contributed by atoms with Crippen LogP contribution in [0.5, 0.6) is 11.5 Å². The van der Waals surface area contributed by atoms with E-state index >= 15 is 0 Å². The SMILES string of the molecule is CCOC(=O)C[C@@H]1c2cc(OCC)c(OCC)cc2CCN1CC(=O)N1CCc2ccccc21. The average molecular weight is 467 g/mol. The smallest absolute Gasteiger partial charge is 0.307 e. The molecule has 0 N–H and O–H groups in total. The lowest BCUT2D eigenvalue weighted by molar-refractivity contribution is -0.145. The highest BCUT2D eigenvalue weighted by atomic mass is 16.5. The molecule has 2 aliphatic rings. The van der Waals surface area contributed by atoms with Gasteiger partial charge in [-0.3, -0.25) is 14.5 Å². The summed E-state index contributed by atoms with van der Waals surface area (Å²) in [5, 5.41) is 0. The van der Waals surface area contributed by atoms with Gasteiger partial charge in [0.05, 0.1) is 32.8 Å². The van der Waals surface area contributed by atoms with E-state index in [-0.39, 0.29) is 30.9 Å². The van der Waals surface area contributed by atoms with E-state index in [4.69, 9.17) is 14.2 Å². The maximum atomic E-state index is 13.4. The van der Waals surface area contributed by atoms with Gasteiger partial charge in [-0.1, -0.05) is 18.2 Å². The Bertz CT molecular complexity index is 1040. The summed E-state index contributed by atoms with van der Waals surface area (Å²) in [6, 6.07) is 11.8. The Morgan fingerprint density at radius 1 is 0.912 bits per heavy atom. The van der Waals surface area contributed by atoms with Crippen molar-refractivity contribution in [2.45, 2.75) is 46.1 Å². The fourth-order valence-electron chi connectivity index (χ4n) is 4.96. The molecule has 0 fully saturated rings. The molecule has 0 aliphatic carbocycles. The number of hydrogen-bond donors (Lipinski definition) is 0. The van der Waals surface area contributed by atoms with Crippen molar-refractivity contribution in [2.24, 2.45) is 0 Å². The molecule has 0 saturated carbocycles. The fraction of sp³-hybridized carbons (Fsp3) is 0.481. The van der Waals surface area contributed by atoms with Crippen molar-refractivity contribution in [2.75, 3.05) is 44.4 Å². The maximum absolute atomic E-state index is 13.4. The van der Waals surface area contributed by atoms with Gasteiger partial charge >= 0.3 is 5.97 Å². The van der Waals surface area contributed by atoms with E-state index in [2.05, 4.69) is 11.0 Å². The lowest BCUT2D eigenvalue weighted by atomic mass is 9.90. The van der Waals surface area contributed by atoms with Crippen LogP contribution in [0.15, 0.2) is 36.4 Å². The quantitative estimate of drug-likeness (QED) is 0.522. The van der Waals surface area contributed by atoms with E-state index in [0.717, 1.165) is 35.4 Å². The van der Waals surface area contributed by atoms with Crippen molar-refractivity contribution in [3.8, 4) is 11.5 Å². The fourth-order valence-corrected chi connectivity index (χ4v) is 4.96.